The second kappa shape index (κ2) is 3.79. The summed E-state index contributed by atoms with van der Waals surface area (Å²) in [4.78, 5) is 0. The summed E-state index contributed by atoms with van der Waals surface area (Å²) in [6.45, 7) is 2.32. The van der Waals surface area contributed by atoms with Gasteiger partial charge in [-0.25, -0.2) is 0 Å². The molecule has 3 aliphatic rings. The molecule has 15 heavy (non-hydrogen) atoms. The van der Waals surface area contributed by atoms with Crippen molar-refractivity contribution in [3.05, 3.63) is 22.8 Å². The number of hydrogen-bond donors (Lipinski definition) is 0. The molecule has 82 valence electrons. The van der Waals surface area contributed by atoms with E-state index in [1.54, 1.807) is 11.1 Å². The van der Waals surface area contributed by atoms with Crippen LogP contribution < -0.4 is 0 Å². The molecular weight excluding hydrogens is 184 g/mol. The van der Waals surface area contributed by atoms with Crippen molar-refractivity contribution in [2.24, 2.45) is 0 Å². The molecule has 0 aromatic carbocycles. The van der Waals surface area contributed by atoms with Crippen LogP contribution in [0.2, 0.25) is 0 Å². The van der Waals surface area contributed by atoms with Crippen molar-refractivity contribution in [3.8, 4) is 0 Å². The highest BCUT2D eigenvalue weighted by atomic mass is 16.5. The minimum absolute atomic E-state index is 0.436. The highest BCUT2D eigenvalue weighted by Gasteiger charge is 2.33. The molecule has 2 atom stereocenters. The van der Waals surface area contributed by atoms with Gasteiger partial charge in [-0.3, -0.25) is 0 Å². The molecule has 0 N–H and O–H groups in total. The molecule has 1 aliphatic heterocycles. The lowest BCUT2D eigenvalue weighted by Gasteiger charge is -2.39. The normalized spacial score (nSPS) is 35.7. The van der Waals surface area contributed by atoms with Crippen LogP contribution in [-0.4, -0.2) is 12.2 Å². The summed E-state index contributed by atoms with van der Waals surface area (Å²) in [5, 5.41) is 0. The summed E-state index contributed by atoms with van der Waals surface area (Å²) < 4.78 is 6.24. The van der Waals surface area contributed by atoms with E-state index in [4.69, 9.17) is 4.74 Å². The van der Waals surface area contributed by atoms with Gasteiger partial charge < -0.3 is 4.74 Å². The predicted octanol–water partition coefficient (Wildman–Crippen LogP) is 3.75. The molecule has 1 fully saturated rings. The van der Waals surface area contributed by atoms with Crippen LogP contribution in [0.1, 0.15) is 51.9 Å². The summed E-state index contributed by atoms with van der Waals surface area (Å²) in [5.74, 6) is 0. The Hall–Kier alpha value is -0.560. The zero-order chi connectivity index (χ0) is 10.3. The fourth-order valence-corrected chi connectivity index (χ4v) is 3.33. The Morgan fingerprint density at radius 1 is 1.13 bits per heavy atom. The number of ether oxygens (including phenoxy) is 1. The second-order valence-electron chi connectivity index (χ2n) is 5.10. The van der Waals surface area contributed by atoms with Crippen LogP contribution in [0.15, 0.2) is 22.8 Å². The maximum absolute atomic E-state index is 6.24. The molecule has 1 nitrogen and oxygen atoms in total. The van der Waals surface area contributed by atoms with Gasteiger partial charge in [0.1, 0.15) is 0 Å². The van der Waals surface area contributed by atoms with Gasteiger partial charge in [-0.1, -0.05) is 12.5 Å². The molecule has 0 aromatic heterocycles. The Labute approximate surface area is 92.2 Å². The minimum atomic E-state index is 0.436. The lowest BCUT2D eigenvalue weighted by molar-refractivity contribution is -0.000250. The van der Waals surface area contributed by atoms with E-state index in [0.717, 1.165) is 0 Å². The standard InChI is InChI=1S/C14H20O/c1-10-11-6-2-4-8-13(11)15-14-9-5-3-7-12(10)14/h6,13-14H,2-5,7-9H2,1H3/t13-,14-/m0/s1. The molecule has 0 saturated heterocycles. The maximum Gasteiger partial charge on any atom is 0.0832 e. The van der Waals surface area contributed by atoms with E-state index in [-0.39, 0.29) is 0 Å². The van der Waals surface area contributed by atoms with Gasteiger partial charge in [0.05, 0.1) is 12.2 Å². The van der Waals surface area contributed by atoms with Gasteiger partial charge in [-0.05, 0) is 62.2 Å². The van der Waals surface area contributed by atoms with E-state index in [9.17, 15) is 0 Å². The SMILES string of the molecule is CC1=C2CCCC[C@@H]2O[C@H]2CCCC=C12. The van der Waals surface area contributed by atoms with Crippen molar-refractivity contribution in [2.45, 2.75) is 64.1 Å². The zero-order valence-electron chi connectivity index (χ0n) is 9.59. The molecule has 0 radical (unpaired) electrons. The average Bonchev–Trinajstić information content (AvgIpc) is 2.30. The topological polar surface area (TPSA) is 9.23 Å². The number of rotatable bonds is 0. The van der Waals surface area contributed by atoms with Crippen LogP contribution in [0.3, 0.4) is 0 Å². The summed E-state index contributed by atoms with van der Waals surface area (Å²) in [6, 6.07) is 0. The van der Waals surface area contributed by atoms with Crippen LogP contribution in [0.25, 0.3) is 0 Å². The van der Waals surface area contributed by atoms with Crippen LogP contribution in [0, 0.1) is 0 Å². The van der Waals surface area contributed by atoms with Gasteiger partial charge in [-0.15, -0.1) is 0 Å². The van der Waals surface area contributed by atoms with Crippen molar-refractivity contribution in [2.75, 3.05) is 0 Å². The molecular formula is C14H20O. The van der Waals surface area contributed by atoms with E-state index in [2.05, 4.69) is 13.0 Å². The number of fused-ring (bicyclic) bond motifs is 2. The van der Waals surface area contributed by atoms with Gasteiger partial charge in [0, 0.05) is 0 Å². The molecule has 0 unspecified atom stereocenters. The second-order valence-corrected chi connectivity index (χ2v) is 5.10. The zero-order valence-corrected chi connectivity index (χ0v) is 9.59. The molecule has 0 amide bonds. The summed E-state index contributed by atoms with van der Waals surface area (Å²) >= 11 is 0. The first-order chi connectivity index (χ1) is 7.36. The number of allylic oxidation sites excluding steroid dienone is 1. The highest BCUT2D eigenvalue weighted by molar-refractivity contribution is 5.42. The van der Waals surface area contributed by atoms with E-state index < -0.39 is 0 Å². The summed E-state index contributed by atoms with van der Waals surface area (Å²) in [7, 11) is 0. The monoisotopic (exact) mass is 204 g/mol. The van der Waals surface area contributed by atoms with Crippen LogP contribution in [0.5, 0.6) is 0 Å². The third-order valence-corrected chi connectivity index (χ3v) is 4.18. The molecule has 2 aliphatic carbocycles. The summed E-state index contributed by atoms with van der Waals surface area (Å²) in [5.41, 5.74) is 4.72. The Kier molecular flexibility index (Phi) is 2.44. The van der Waals surface area contributed by atoms with E-state index in [0.29, 0.717) is 12.2 Å². The predicted molar refractivity (Wildman–Crippen MR) is 61.8 cm³/mol. The average molecular weight is 204 g/mol. The molecule has 3 rings (SSSR count). The van der Waals surface area contributed by atoms with Gasteiger partial charge in [0.2, 0.25) is 0 Å². The fourth-order valence-electron chi connectivity index (χ4n) is 3.33. The van der Waals surface area contributed by atoms with Crippen molar-refractivity contribution >= 4 is 0 Å². The first kappa shape index (κ1) is 9.65. The van der Waals surface area contributed by atoms with E-state index >= 15 is 0 Å². The molecule has 1 heteroatoms. The van der Waals surface area contributed by atoms with Crippen LogP contribution in [-0.2, 0) is 4.74 Å². The van der Waals surface area contributed by atoms with Crippen molar-refractivity contribution < 1.29 is 4.74 Å². The van der Waals surface area contributed by atoms with Gasteiger partial charge in [0.15, 0.2) is 0 Å². The fraction of sp³-hybridized carbons (Fsp3) is 0.714. The summed E-state index contributed by atoms with van der Waals surface area (Å²) in [6.07, 6.45) is 12.4. The maximum atomic E-state index is 6.24. The van der Waals surface area contributed by atoms with E-state index in [1.807, 2.05) is 0 Å². The van der Waals surface area contributed by atoms with Gasteiger partial charge in [-0.2, -0.15) is 0 Å². The molecule has 0 spiro atoms. The van der Waals surface area contributed by atoms with Crippen molar-refractivity contribution in [3.63, 3.8) is 0 Å². The minimum Gasteiger partial charge on any atom is -0.366 e. The van der Waals surface area contributed by atoms with E-state index in [1.165, 1.54) is 50.5 Å². The number of hydrogen-bond acceptors (Lipinski definition) is 1. The Balaban J connectivity index is 1.98. The van der Waals surface area contributed by atoms with Gasteiger partial charge >= 0.3 is 0 Å². The molecule has 1 saturated carbocycles. The Morgan fingerprint density at radius 2 is 2.00 bits per heavy atom. The van der Waals surface area contributed by atoms with Crippen LogP contribution in [0.4, 0.5) is 0 Å². The lowest BCUT2D eigenvalue weighted by atomic mass is 9.80. The highest BCUT2D eigenvalue weighted by Crippen LogP contribution is 2.40. The first-order valence-electron chi connectivity index (χ1n) is 6.42. The molecule has 0 aromatic rings. The van der Waals surface area contributed by atoms with Crippen molar-refractivity contribution in [1.29, 1.82) is 0 Å². The van der Waals surface area contributed by atoms with Crippen LogP contribution >= 0.6 is 0 Å². The third kappa shape index (κ3) is 1.57. The Morgan fingerprint density at radius 3 is 2.93 bits per heavy atom. The largest absolute Gasteiger partial charge is 0.366 e. The quantitative estimate of drug-likeness (QED) is 0.584. The molecule has 1 heterocycles. The third-order valence-electron chi connectivity index (χ3n) is 4.18. The van der Waals surface area contributed by atoms with Gasteiger partial charge in [0.25, 0.3) is 0 Å². The smallest absolute Gasteiger partial charge is 0.0832 e. The Bertz CT molecular complexity index is 324. The first-order valence-corrected chi connectivity index (χ1v) is 6.42. The molecule has 0 bridgehead atoms. The lowest BCUT2D eigenvalue weighted by Crippen LogP contribution is -2.34. The van der Waals surface area contributed by atoms with Crippen molar-refractivity contribution in [1.82, 2.24) is 0 Å².